The van der Waals surface area contributed by atoms with Gasteiger partial charge in [-0.05, 0) is 30.3 Å². The molecule has 1 heterocycles. The molecule has 28 heavy (non-hydrogen) atoms. The number of hydrogen-bond acceptors (Lipinski definition) is 4. The molecule has 1 amide bonds. The predicted octanol–water partition coefficient (Wildman–Crippen LogP) is 4.12. The van der Waals surface area contributed by atoms with Crippen molar-refractivity contribution in [1.82, 2.24) is 4.57 Å². The normalized spacial score (nSPS) is 11.3. The third-order valence-electron chi connectivity index (χ3n) is 4.07. The van der Waals surface area contributed by atoms with Crippen LogP contribution in [0.15, 0.2) is 48.5 Å². The standard InChI is InChI=1S/C19H15F3N2O4/c1-24-14-6-4-3-5-13(14)15(16(24)18(26)27-2)23-17(25)11-7-9-12(10-8-11)28-19(20,21)22/h3-10H,1-2H3,(H,23,25). The van der Waals surface area contributed by atoms with Gasteiger partial charge < -0.3 is 19.4 Å². The molecule has 0 fully saturated rings. The molecule has 0 radical (unpaired) electrons. The number of carbonyl (C=O) groups excluding carboxylic acids is 2. The number of nitrogens with zero attached hydrogens (tertiary/aromatic N) is 1. The van der Waals surface area contributed by atoms with E-state index in [-0.39, 0.29) is 16.9 Å². The van der Waals surface area contributed by atoms with Crippen LogP contribution in [0.4, 0.5) is 18.9 Å². The van der Waals surface area contributed by atoms with Gasteiger partial charge >= 0.3 is 12.3 Å². The van der Waals surface area contributed by atoms with Crippen molar-refractivity contribution < 1.29 is 32.2 Å². The van der Waals surface area contributed by atoms with E-state index in [1.165, 1.54) is 19.2 Å². The summed E-state index contributed by atoms with van der Waals surface area (Å²) in [5.74, 6) is -1.67. The molecule has 3 rings (SSSR count). The fraction of sp³-hybridized carbons (Fsp3) is 0.158. The van der Waals surface area contributed by atoms with Crippen molar-refractivity contribution in [3.63, 3.8) is 0 Å². The lowest BCUT2D eigenvalue weighted by atomic mass is 10.1. The van der Waals surface area contributed by atoms with Gasteiger partial charge in [-0.25, -0.2) is 4.79 Å². The van der Waals surface area contributed by atoms with Crippen molar-refractivity contribution in [2.24, 2.45) is 7.05 Å². The van der Waals surface area contributed by atoms with Gasteiger partial charge in [-0.15, -0.1) is 13.2 Å². The SMILES string of the molecule is COC(=O)c1c(NC(=O)c2ccc(OC(F)(F)F)cc2)c2ccccc2n1C. The van der Waals surface area contributed by atoms with Crippen LogP contribution in [0.25, 0.3) is 10.9 Å². The first-order chi connectivity index (χ1) is 13.2. The third-order valence-corrected chi connectivity index (χ3v) is 4.07. The van der Waals surface area contributed by atoms with Gasteiger partial charge in [0.2, 0.25) is 0 Å². The summed E-state index contributed by atoms with van der Waals surface area (Å²) in [6, 6.07) is 11.5. The number of benzene rings is 2. The molecule has 2 aromatic carbocycles. The van der Waals surface area contributed by atoms with E-state index in [2.05, 4.69) is 10.1 Å². The van der Waals surface area contributed by atoms with Crippen molar-refractivity contribution in [3.05, 3.63) is 59.8 Å². The highest BCUT2D eigenvalue weighted by atomic mass is 19.4. The van der Waals surface area contributed by atoms with E-state index in [1.807, 2.05) is 0 Å². The van der Waals surface area contributed by atoms with Crippen molar-refractivity contribution >= 4 is 28.5 Å². The first-order valence-electron chi connectivity index (χ1n) is 8.04. The Hall–Kier alpha value is -3.49. The first-order valence-corrected chi connectivity index (χ1v) is 8.04. The highest BCUT2D eigenvalue weighted by molar-refractivity contribution is 6.14. The van der Waals surface area contributed by atoms with Crippen LogP contribution in [0.3, 0.4) is 0 Å². The van der Waals surface area contributed by atoms with Gasteiger partial charge in [-0.1, -0.05) is 18.2 Å². The average molecular weight is 392 g/mol. The third kappa shape index (κ3) is 3.78. The van der Waals surface area contributed by atoms with Crippen LogP contribution in [0.2, 0.25) is 0 Å². The molecule has 1 N–H and O–H groups in total. The van der Waals surface area contributed by atoms with Crippen LogP contribution in [-0.4, -0.2) is 29.9 Å². The minimum atomic E-state index is -4.82. The number of rotatable bonds is 4. The van der Waals surface area contributed by atoms with Gasteiger partial charge in [0.05, 0.1) is 18.3 Å². The number of ether oxygens (including phenoxy) is 2. The van der Waals surface area contributed by atoms with Crippen molar-refractivity contribution in [2.45, 2.75) is 6.36 Å². The highest BCUT2D eigenvalue weighted by Gasteiger charge is 2.31. The van der Waals surface area contributed by atoms with E-state index >= 15 is 0 Å². The number of alkyl halides is 3. The van der Waals surface area contributed by atoms with Gasteiger partial charge in [-0.2, -0.15) is 0 Å². The molecule has 6 nitrogen and oxygen atoms in total. The van der Waals surface area contributed by atoms with Crippen molar-refractivity contribution in [1.29, 1.82) is 0 Å². The zero-order valence-corrected chi connectivity index (χ0v) is 14.8. The molecule has 0 unspecified atom stereocenters. The lowest BCUT2D eigenvalue weighted by molar-refractivity contribution is -0.274. The number of nitrogens with one attached hydrogen (secondary N) is 1. The number of hydrogen-bond donors (Lipinski definition) is 1. The molecule has 9 heteroatoms. The summed E-state index contributed by atoms with van der Waals surface area (Å²) in [4.78, 5) is 24.8. The maximum Gasteiger partial charge on any atom is 0.573 e. The van der Waals surface area contributed by atoms with Gasteiger partial charge in [0.1, 0.15) is 5.75 Å². The Kier molecular flexibility index (Phi) is 5.00. The summed E-state index contributed by atoms with van der Waals surface area (Å²) in [5.41, 5.74) is 1.20. The van der Waals surface area contributed by atoms with E-state index < -0.39 is 24.0 Å². The second-order valence-electron chi connectivity index (χ2n) is 5.82. The van der Waals surface area contributed by atoms with Gasteiger partial charge in [0, 0.05) is 18.0 Å². The quantitative estimate of drug-likeness (QED) is 0.679. The molecular weight excluding hydrogens is 377 g/mol. The number of aryl methyl sites for hydroxylation is 1. The van der Waals surface area contributed by atoms with Crippen molar-refractivity contribution in [2.75, 3.05) is 12.4 Å². The first kappa shape index (κ1) is 19.3. The Balaban J connectivity index is 1.94. The summed E-state index contributed by atoms with van der Waals surface area (Å²) in [6.07, 6.45) is -4.82. The number of methoxy groups -OCH3 is 1. The van der Waals surface area contributed by atoms with Gasteiger partial charge in [-0.3, -0.25) is 4.79 Å². The number of amides is 1. The van der Waals surface area contributed by atoms with Crippen LogP contribution in [0.1, 0.15) is 20.8 Å². The fourth-order valence-corrected chi connectivity index (χ4v) is 2.85. The number of esters is 1. The number of anilines is 1. The average Bonchev–Trinajstić information content (AvgIpc) is 2.93. The number of carbonyl (C=O) groups is 2. The Morgan fingerprint density at radius 3 is 2.29 bits per heavy atom. The van der Waals surface area contributed by atoms with E-state index in [0.717, 1.165) is 12.1 Å². The summed E-state index contributed by atoms with van der Waals surface area (Å²) in [7, 11) is 2.89. The second-order valence-corrected chi connectivity index (χ2v) is 5.82. The molecule has 0 saturated heterocycles. The molecular formula is C19H15F3N2O4. The van der Waals surface area contributed by atoms with Crippen LogP contribution < -0.4 is 10.1 Å². The molecule has 1 aromatic heterocycles. The zero-order chi connectivity index (χ0) is 20.5. The summed E-state index contributed by atoms with van der Waals surface area (Å²) < 4.78 is 46.9. The molecule has 0 aliphatic rings. The molecule has 0 aliphatic carbocycles. The van der Waals surface area contributed by atoms with E-state index in [9.17, 15) is 22.8 Å². The molecule has 0 aliphatic heterocycles. The second kappa shape index (κ2) is 7.26. The number of para-hydroxylation sites is 1. The fourth-order valence-electron chi connectivity index (χ4n) is 2.85. The van der Waals surface area contributed by atoms with Crippen molar-refractivity contribution in [3.8, 4) is 5.75 Å². The summed E-state index contributed by atoms with van der Waals surface area (Å²) >= 11 is 0. The van der Waals surface area contributed by atoms with Gasteiger partial charge in [0.15, 0.2) is 5.69 Å². The molecule has 0 spiro atoms. The van der Waals surface area contributed by atoms with Crippen LogP contribution in [0, 0.1) is 0 Å². The van der Waals surface area contributed by atoms with E-state index in [4.69, 9.17) is 4.74 Å². The van der Waals surface area contributed by atoms with E-state index in [0.29, 0.717) is 10.9 Å². The Morgan fingerprint density at radius 1 is 1.04 bits per heavy atom. The maximum atomic E-state index is 12.6. The number of aromatic nitrogens is 1. The molecule has 3 aromatic rings. The minimum Gasteiger partial charge on any atom is -0.464 e. The summed E-state index contributed by atoms with van der Waals surface area (Å²) in [5, 5.41) is 3.27. The molecule has 146 valence electrons. The summed E-state index contributed by atoms with van der Waals surface area (Å²) in [6.45, 7) is 0. The number of fused-ring (bicyclic) bond motifs is 1. The van der Waals surface area contributed by atoms with Crippen LogP contribution >= 0.6 is 0 Å². The highest BCUT2D eigenvalue weighted by Crippen LogP contribution is 2.31. The topological polar surface area (TPSA) is 69.6 Å². The zero-order valence-electron chi connectivity index (χ0n) is 14.8. The molecule has 0 atom stereocenters. The monoisotopic (exact) mass is 392 g/mol. The van der Waals surface area contributed by atoms with E-state index in [1.54, 1.807) is 35.9 Å². The van der Waals surface area contributed by atoms with Crippen LogP contribution in [-0.2, 0) is 11.8 Å². The minimum absolute atomic E-state index is 0.0956. The predicted molar refractivity (Wildman–Crippen MR) is 95.3 cm³/mol. The lowest BCUT2D eigenvalue weighted by Gasteiger charge is -2.10. The number of halogens is 3. The lowest BCUT2D eigenvalue weighted by Crippen LogP contribution is -2.18. The molecule has 0 bridgehead atoms. The smallest absolute Gasteiger partial charge is 0.464 e. The Morgan fingerprint density at radius 2 is 1.68 bits per heavy atom. The Bertz CT molecular complexity index is 1040. The van der Waals surface area contributed by atoms with Crippen LogP contribution in [0.5, 0.6) is 5.75 Å². The molecule has 0 saturated carbocycles. The largest absolute Gasteiger partial charge is 0.573 e. The van der Waals surface area contributed by atoms with Gasteiger partial charge in [0.25, 0.3) is 5.91 Å². The Labute approximate surface area is 157 Å². The maximum absolute atomic E-state index is 12.6.